The van der Waals surface area contributed by atoms with Gasteiger partial charge in [-0.05, 0) is 12.1 Å². The molecule has 1 aromatic rings. The molecule has 78 valence electrons. The van der Waals surface area contributed by atoms with E-state index in [4.69, 9.17) is 18.7 Å². The molecule has 0 unspecified atom stereocenters. The van der Waals surface area contributed by atoms with Crippen molar-refractivity contribution in [2.75, 3.05) is 0 Å². The predicted octanol–water partition coefficient (Wildman–Crippen LogP) is 0.341. The average molecular weight is 212 g/mol. The molecule has 1 heterocycles. The summed E-state index contributed by atoms with van der Waals surface area (Å²) < 4.78 is 0. The molecule has 0 atom stereocenters. The van der Waals surface area contributed by atoms with E-state index in [1.54, 1.807) is 24.3 Å². The number of hydrogen-bond acceptors (Lipinski definition) is 3. The predicted molar refractivity (Wildman–Crippen MR) is 63.3 cm³/mol. The van der Waals surface area contributed by atoms with Crippen LogP contribution in [-0.4, -0.2) is 24.8 Å². The van der Waals surface area contributed by atoms with Crippen molar-refractivity contribution >= 4 is 36.9 Å². The molecule has 16 heavy (non-hydrogen) atoms. The number of aliphatic imine (C=N–C) groups is 1. The first kappa shape index (κ1) is 10.5. The molecule has 1 aliphatic rings. The number of amidine groups is 1. The summed E-state index contributed by atoms with van der Waals surface area (Å²) in [5.74, 6) is -0.708. The zero-order valence-corrected chi connectivity index (χ0v) is 8.47. The first-order chi connectivity index (χ1) is 7.56. The molecular formula is C11H9BN2O2. The third-order valence-electron chi connectivity index (χ3n) is 2.29. The molecule has 2 rings (SSSR count). The fourth-order valence-corrected chi connectivity index (χ4v) is 1.55. The van der Waals surface area contributed by atoms with Crippen molar-refractivity contribution in [3.8, 4) is 0 Å². The molecule has 0 bridgehead atoms. The Morgan fingerprint density at radius 3 is 2.94 bits per heavy atom. The number of nitrogens with zero attached hydrogens (tertiary/aromatic N) is 1. The van der Waals surface area contributed by atoms with Gasteiger partial charge in [0, 0.05) is 17.6 Å². The van der Waals surface area contributed by atoms with E-state index in [0.29, 0.717) is 16.7 Å². The van der Waals surface area contributed by atoms with Crippen molar-refractivity contribution in [2.45, 2.75) is 6.42 Å². The number of hydrogen-bond donors (Lipinski definition) is 2. The summed E-state index contributed by atoms with van der Waals surface area (Å²) in [6.45, 7) is 0. The lowest BCUT2D eigenvalue weighted by molar-refractivity contribution is -0.132. The highest BCUT2D eigenvalue weighted by molar-refractivity contribution is 6.32. The van der Waals surface area contributed by atoms with Crippen LogP contribution in [0.2, 0.25) is 0 Å². The molecule has 0 saturated heterocycles. The minimum Gasteiger partial charge on any atom is -0.478 e. The van der Waals surface area contributed by atoms with Crippen LogP contribution in [0, 0.1) is 0 Å². The second kappa shape index (κ2) is 3.85. The first-order valence-corrected chi connectivity index (χ1v) is 4.72. The Kier molecular flexibility index (Phi) is 2.52. The molecule has 0 spiro atoms. The minimum atomic E-state index is -0.983. The highest BCUT2D eigenvalue weighted by atomic mass is 16.4. The third-order valence-corrected chi connectivity index (χ3v) is 2.29. The van der Waals surface area contributed by atoms with Crippen LogP contribution >= 0.6 is 0 Å². The Balaban J connectivity index is 2.60. The summed E-state index contributed by atoms with van der Waals surface area (Å²) >= 11 is 0. The highest BCUT2D eigenvalue weighted by Gasteiger charge is 2.14. The van der Waals surface area contributed by atoms with Gasteiger partial charge in [-0.2, -0.15) is 0 Å². The van der Waals surface area contributed by atoms with Gasteiger partial charge in [-0.3, -0.25) is 0 Å². The molecule has 0 fully saturated rings. The standard InChI is InChI=1S/C11H9BN2O2/c12-8-2-1-6-3-7(11(15)16)4-10(13)14-9(6)5-8/h1-3,5H,4H2,(H2,13,14)(H,15,16). The number of aliphatic carboxylic acids is 1. The molecule has 0 saturated carbocycles. The van der Waals surface area contributed by atoms with Gasteiger partial charge in [0.05, 0.1) is 5.69 Å². The Morgan fingerprint density at radius 2 is 2.25 bits per heavy atom. The van der Waals surface area contributed by atoms with Gasteiger partial charge in [-0.25, -0.2) is 9.79 Å². The van der Waals surface area contributed by atoms with Crippen LogP contribution in [-0.2, 0) is 4.79 Å². The number of carboxylic acids is 1. The maximum absolute atomic E-state index is 10.9. The zero-order chi connectivity index (χ0) is 11.7. The van der Waals surface area contributed by atoms with Gasteiger partial charge in [-0.1, -0.05) is 17.6 Å². The maximum atomic E-state index is 10.9. The van der Waals surface area contributed by atoms with Crippen LogP contribution in [0.25, 0.3) is 6.08 Å². The molecule has 4 nitrogen and oxygen atoms in total. The van der Waals surface area contributed by atoms with Crippen molar-refractivity contribution in [1.29, 1.82) is 0 Å². The van der Waals surface area contributed by atoms with Crippen molar-refractivity contribution in [1.82, 2.24) is 0 Å². The van der Waals surface area contributed by atoms with E-state index in [2.05, 4.69) is 4.99 Å². The Hall–Kier alpha value is -2.04. The number of nitrogens with two attached hydrogens (primary N) is 1. The van der Waals surface area contributed by atoms with Crippen LogP contribution in [0.5, 0.6) is 0 Å². The summed E-state index contributed by atoms with van der Waals surface area (Å²) in [6.07, 6.45) is 1.71. The second-order valence-corrected chi connectivity index (χ2v) is 3.57. The quantitative estimate of drug-likeness (QED) is 0.659. The van der Waals surface area contributed by atoms with Crippen LogP contribution < -0.4 is 11.2 Å². The van der Waals surface area contributed by atoms with Gasteiger partial charge in [0.15, 0.2) is 0 Å². The van der Waals surface area contributed by atoms with Gasteiger partial charge >= 0.3 is 5.97 Å². The normalized spacial score (nSPS) is 14.5. The minimum absolute atomic E-state index is 0.143. The van der Waals surface area contributed by atoms with E-state index in [1.807, 2.05) is 0 Å². The monoisotopic (exact) mass is 212 g/mol. The van der Waals surface area contributed by atoms with E-state index in [1.165, 1.54) is 0 Å². The van der Waals surface area contributed by atoms with E-state index in [9.17, 15) is 4.79 Å². The van der Waals surface area contributed by atoms with Crippen LogP contribution in [0.15, 0.2) is 28.8 Å². The second-order valence-electron chi connectivity index (χ2n) is 3.57. The van der Waals surface area contributed by atoms with Gasteiger partial charge in [0.1, 0.15) is 13.7 Å². The summed E-state index contributed by atoms with van der Waals surface area (Å²) in [4.78, 5) is 15.1. The lowest BCUT2D eigenvalue weighted by Crippen LogP contribution is -2.14. The highest BCUT2D eigenvalue weighted by Crippen LogP contribution is 2.25. The summed E-state index contributed by atoms with van der Waals surface area (Å²) in [6, 6.07) is 5.10. The van der Waals surface area contributed by atoms with E-state index in [-0.39, 0.29) is 17.8 Å². The lowest BCUT2D eigenvalue weighted by Gasteiger charge is -2.01. The van der Waals surface area contributed by atoms with E-state index in [0.717, 1.165) is 0 Å². The number of carboxylic acid groups (broad SMARTS) is 1. The number of carbonyl (C=O) groups is 1. The van der Waals surface area contributed by atoms with Gasteiger partial charge in [-0.15, -0.1) is 0 Å². The topological polar surface area (TPSA) is 75.7 Å². The van der Waals surface area contributed by atoms with Crippen LogP contribution in [0.1, 0.15) is 12.0 Å². The van der Waals surface area contributed by atoms with Gasteiger partial charge in [0.2, 0.25) is 0 Å². The molecule has 5 heteroatoms. The van der Waals surface area contributed by atoms with Crippen LogP contribution in [0.4, 0.5) is 5.69 Å². The number of benzene rings is 1. The van der Waals surface area contributed by atoms with Crippen LogP contribution in [0.3, 0.4) is 0 Å². The van der Waals surface area contributed by atoms with Gasteiger partial charge in [0.25, 0.3) is 0 Å². The van der Waals surface area contributed by atoms with Gasteiger partial charge < -0.3 is 10.8 Å². The molecule has 0 aliphatic carbocycles. The van der Waals surface area contributed by atoms with Crippen molar-refractivity contribution in [2.24, 2.45) is 10.7 Å². The molecule has 1 aliphatic heterocycles. The van der Waals surface area contributed by atoms with Crippen molar-refractivity contribution in [3.05, 3.63) is 29.3 Å². The van der Waals surface area contributed by atoms with E-state index >= 15 is 0 Å². The molecular weight excluding hydrogens is 203 g/mol. The Morgan fingerprint density at radius 1 is 1.50 bits per heavy atom. The smallest absolute Gasteiger partial charge is 0.332 e. The molecule has 1 aromatic carbocycles. The molecule has 3 N–H and O–H groups in total. The third kappa shape index (κ3) is 1.98. The number of fused-ring (bicyclic) bond motifs is 1. The summed E-state index contributed by atoms with van der Waals surface area (Å²) in [5, 5.41) is 8.96. The fraction of sp³-hybridized carbons (Fsp3) is 0.0909. The summed E-state index contributed by atoms with van der Waals surface area (Å²) in [5.41, 5.74) is 7.75. The molecule has 2 radical (unpaired) electrons. The SMILES string of the molecule is [B]c1ccc2c(c1)N=C(N)CC(C(=O)O)=C2. The Labute approximate surface area is 93.9 Å². The zero-order valence-electron chi connectivity index (χ0n) is 8.47. The van der Waals surface area contributed by atoms with Crippen molar-refractivity contribution < 1.29 is 9.90 Å². The fourth-order valence-electron chi connectivity index (χ4n) is 1.55. The average Bonchev–Trinajstić information content (AvgIpc) is 2.35. The van der Waals surface area contributed by atoms with E-state index < -0.39 is 5.97 Å². The first-order valence-electron chi connectivity index (χ1n) is 4.72. The molecule has 0 aromatic heterocycles. The number of rotatable bonds is 1. The Bertz CT molecular complexity index is 521. The maximum Gasteiger partial charge on any atom is 0.332 e. The summed E-state index contributed by atoms with van der Waals surface area (Å²) in [7, 11) is 5.63. The molecule has 0 amide bonds. The largest absolute Gasteiger partial charge is 0.478 e. The lowest BCUT2D eigenvalue weighted by atomic mass is 9.94. The van der Waals surface area contributed by atoms with Crippen molar-refractivity contribution in [3.63, 3.8) is 0 Å².